The van der Waals surface area contributed by atoms with Crippen molar-refractivity contribution in [1.82, 2.24) is 10.3 Å². The molecule has 1 aromatic heterocycles. The van der Waals surface area contributed by atoms with Crippen molar-refractivity contribution < 1.29 is 0 Å². The van der Waals surface area contributed by atoms with Gasteiger partial charge < -0.3 is 5.32 Å². The van der Waals surface area contributed by atoms with Crippen LogP contribution in [0.5, 0.6) is 0 Å². The zero-order valence-corrected chi connectivity index (χ0v) is 12.1. The zero-order chi connectivity index (χ0) is 12.3. The van der Waals surface area contributed by atoms with Crippen LogP contribution in [0.1, 0.15) is 56.2 Å². The van der Waals surface area contributed by atoms with Gasteiger partial charge in [0.25, 0.3) is 0 Å². The summed E-state index contributed by atoms with van der Waals surface area (Å²) in [6.07, 6.45) is 1.04. The largest absolute Gasteiger partial charge is 0.305 e. The van der Waals surface area contributed by atoms with Crippen LogP contribution in [-0.2, 0) is 6.42 Å². The Labute approximate surface area is 103 Å². The molecule has 0 fully saturated rings. The van der Waals surface area contributed by atoms with E-state index in [4.69, 9.17) is 4.98 Å². The Kier molecular flexibility index (Phi) is 4.93. The molecule has 1 N–H and O–H groups in total. The van der Waals surface area contributed by atoms with E-state index < -0.39 is 0 Å². The molecule has 1 unspecified atom stereocenters. The number of nitrogens with zero attached hydrogens (tertiary/aromatic N) is 1. The standard InChI is InChI=1S/C13H24N2S/c1-7-11-10(6)16-13(15-11)12(8(2)3)14-9(4)5/h8-9,12,14H,7H2,1-6H3. The fraction of sp³-hybridized carbons (Fsp3) is 0.769. The molecule has 0 aliphatic carbocycles. The number of nitrogens with one attached hydrogen (secondary N) is 1. The van der Waals surface area contributed by atoms with E-state index in [-0.39, 0.29) is 0 Å². The Morgan fingerprint density at radius 3 is 2.25 bits per heavy atom. The first-order valence-corrected chi connectivity index (χ1v) is 6.99. The third-order valence-electron chi connectivity index (χ3n) is 2.69. The summed E-state index contributed by atoms with van der Waals surface area (Å²) in [4.78, 5) is 6.13. The molecule has 0 saturated carbocycles. The fourth-order valence-corrected chi connectivity index (χ4v) is 3.06. The van der Waals surface area contributed by atoms with Crippen molar-refractivity contribution in [3.8, 4) is 0 Å². The SMILES string of the molecule is CCc1nc(C(NC(C)C)C(C)C)sc1C. The summed E-state index contributed by atoms with van der Waals surface area (Å²) in [5, 5.41) is 4.86. The predicted octanol–water partition coefficient (Wildman–Crippen LogP) is 3.71. The van der Waals surface area contributed by atoms with Gasteiger partial charge in [-0.2, -0.15) is 0 Å². The molecule has 92 valence electrons. The van der Waals surface area contributed by atoms with Crippen LogP contribution in [0.4, 0.5) is 0 Å². The second-order valence-electron chi connectivity index (χ2n) is 4.95. The van der Waals surface area contributed by atoms with E-state index in [0.717, 1.165) is 6.42 Å². The van der Waals surface area contributed by atoms with Gasteiger partial charge in [-0.15, -0.1) is 11.3 Å². The average molecular weight is 240 g/mol. The molecular weight excluding hydrogens is 216 g/mol. The van der Waals surface area contributed by atoms with Crippen LogP contribution < -0.4 is 5.32 Å². The normalized spacial score (nSPS) is 13.8. The van der Waals surface area contributed by atoms with Crippen molar-refractivity contribution in [2.75, 3.05) is 0 Å². The minimum atomic E-state index is 0.393. The molecule has 1 heterocycles. The molecule has 1 rings (SSSR count). The van der Waals surface area contributed by atoms with Crippen molar-refractivity contribution in [2.24, 2.45) is 5.92 Å². The molecule has 0 aromatic carbocycles. The summed E-state index contributed by atoms with van der Waals surface area (Å²) < 4.78 is 0. The van der Waals surface area contributed by atoms with Crippen LogP contribution in [0.2, 0.25) is 0 Å². The van der Waals surface area contributed by atoms with Crippen LogP contribution in [-0.4, -0.2) is 11.0 Å². The fourth-order valence-electron chi connectivity index (χ4n) is 1.82. The van der Waals surface area contributed by atoms with Crippen molar-refractivity contribution in [2.45, 2.75) is 60.0 Å². The van der Waals surface area contributed by atoms with Gasteiger partial charge in [0.15, 0.2) is 0 Å². The van der Waals surface area contributed by atoms with Gasteiger partial charge >= 0.3 is 0 Å². The summed E-state index contributed by atoms with van der Waals surface area (Å²) in [6, 6.07) is 0.894. The van der Waals surface area contributed by atoms with Gasteiger partial charge in [-0.3, -0.25) is 0 Å². The lowest BCUT2D eigenvalue weighted by molar-refractivity contribution is 0.379. The third-order valence-corrected chi connectivity index (χ3v) is 3.79. The van der Waals surface area contributed by atoms with Gasteiger partial charge in [-0.05, 0) is 19.3 Å². The number of hydrogen-bond donors (Lipinski definition) is 1. The zero-order valence-electron chi connectivity index (χ0n) is 11.3. The van der Waals surface area contributed by atoms with Gasteiger partial charge in [0, 0.05) is 10.9 Å². The molecule has 3 heteroatoms. The van der Waals surface area contributed by atoms with E-state index >= 15 is 0 Å². The second kappa shape index (κ2) is 5.78. The lowest BCUT2D eigenvalue weighted by Crippen LogP contribution is -2.31. The first-order chi connectivity index (χ1) is 7.45. The number of rotatable bonds is 5. The summed E-state index contributed by atoms with van der Waals surface area (Å²) in [7, 11) is 0. The van der Waals surface area contributed by atoms with Gasteiger partial charge in [0.05, 0.1) is 11.7 Å². The molecule has 0 aliphatic heterocycles. The van der Waals surface area contributed by atoms with Gasteiger partial charge in [-0.1, -0.05) is 34.6 Å². The van der Waals surface area contributed by atoms with Crippen LogP contribution in [0.25, 0.3) is 0 Å². The first kappa shape index (κ1) is 13.7. The quantitative estimate of drug-likeness (QED) is 0.848. The topological polar surface area (TPSA) is 24.9 Å². The molecular formula is C13H24N2S. The van der Waals surface area contributed by atoms with Gasteiger partial charge in [0.2, 0.25) is 0 Å². The Bertz CT molecular complexity index is 329. The monoisotopic (exact) mass is 240 g/mol. The van der Waals surface area contributed by atoms with E-state index in [1.165, 1.54) is 15.6 Å². The minimum absolute atomic E-state index is 0.393. The van der Waals surface area contributed by atoms with E-state index in [1.807, 2.05) is 11.3 Å². The summed E-state index contributed by atoms with van der Waals surface area (Å²) in [6.45, 7) is 13.2. The van der Waals surface area contributed by atoms with Crippen LogP contribution in [0.3, 0.4) is 0 Å². The van der Waals surface area contributed by atoms with Crippen molar-refractivity contribution in [1.29, 1.82) is 0 Å². The highest BCUT2D eigenvalue weighted by molar-refractivity contribution is 7.11. The lowest BCUT2D eigenvalue weighted by atomic mass is 10.0. The number of aromatic nitrogens is 1. The summed E-state index contributed by atoms with van der Waals surface area (Å²) >= 11 is 1.84. The van der Waals surface area contributed by atoms with E-state index in [2.05, 4.69) is 46.9 Å². The number of hydrogen-bond acceptors (Lipinski definition) is 3. The van der Waals surface area contributed by atoms with Crippen molar-refractivity contribution in [3.63, 3.8) is 0 Å². The average Bonchev–Trinajstić information content (AvgIpc) is 2.55. The first-order valence-electron chi connectivity index (χ1n) is 6.17. The predicted molar refractivity (Wildman–Crippen MR) is 72.1 cm³/mol. The van der Waals surface area contributed by atoms with Crippen LogP contribution in [0, 0.1) is 12.8 Å². The molecule has 0 saturated heterocycles. The Hall–Kier alpha value is -0.410. The van der Waals surface area contributed by atoms with Crippen molar-refractivity contribution >= 4 is 11.3 Å². The van der Waals surface area contributed by atoms with Gasteiger partial charge in [0.1, 0.15) is 5.01 Å². The molecule has 0 bridgehead atoms. The van der Waals surface area contributed by atoms with E-state index in [9.17, 15) is 0 Å². The number of thiazole rings is 1. The smallest absolute Gasteiger partial charge is 0.110 e. The minimum Gasteiger partial charge on any atom is -0.305 e. The Morgan fingerprint density at radius 2 is 1.88 bits per heavy atom. The van der Waals surface area contributed by atoms with Crippen LogP contribution in [0.15, 0.2) is 0 Å². The molecule has 16 heavy (non-hydrogen) atoms. The lowest BCUT2D eigenvalue weighted by Gasteiger charge is -2.22. The van der Waals surface area contributed by atoms with E-state index in [0.29, 0.717) is 18.0 Å². The van der Waals surface area contributed by atoms with E-state index in [1.54, 1.807) is 0 Å². The molecule has 1 aromatic rings. The molecule has 0 amide bonds. The Balaban J connectivity index is 2.92. The van der Waals surface area contributed by atoms with Gasteiger partial charge in [-0.25, -0.2) is 4.98 Å². The summed E-state index contributed by atoms with van der Waals surface area (Å²) in [5.41, 5.74) is 1.26. The maximum atomic E-state index is 4.76. The highest BCUT2D eigenvalue weighted by Crippen LogP contribution is 2.28. The molecule has 1 atom stereocenters. The summed E-state index contributed by atoms with van der Waals surface area (Å²) in [5.74, 6) is 0.581. The number of aryl methyl sites for hydroxylation is 2. The maximum Gasteiger partial charge on any atom is 0.110 e. The molecule has 0 aliphatic rings. The second-order valence-corrected chi connectivity index (χ2v) is 6.19. The molecule has 2 nitrogen and oxygen atoms in total. The third kappa shape index (κ3) is 3.29. The molecule has 0 radical (unpaired) electrons. The maximum absolute atomic E-state index is 4.76. The van der Waals surface area contributed by atoms with Crippen molar-refractivity contribution in [3.05, 3.63) is 15.6 Å². The highest BCUT2D eigenvalue weighted by Gasteiger charge is 2.20. The van der Waals surface area contributed by atoms with Crippen LogP contribution >= 0.6 is 11.3 Å². The molecule has 0 spiro atoms. The Morgan fingerprint density at radius 1 is 1.25 bits per heavy atom. The highest BCUT2D eigenvalue weighted by atomic mass is 32.1.